The molecule has 0 radical (unpaired) electrons. The Morgan fingerprint density at radius 2 is 1.93 bits per heavy atom. The summed E-state index contributed by atoms with van der Waals surface area (Å²) < 4.78 is 10.6. The van der Waals surface area contributed by atoms with Crippen LogP contribution in [0.15, 0.2) is 53.0 Å². The molecular weight excluding hydrogens is 384 g/mol. The lowest BCUT2D eigenvalue weighted by molar-refractivity contribution is -0.136. The lowest BCUT2D eigenvalue weighted by Crippen LogP contribution is -2.46. The van der Waals surface area contributed by atoms with Crippen LogP contribution in [0.25, 0.3) is 0 Å². The maximum Gasteiger partial charge on any atom is 0.353 e. The van der Waals surface area contributed by atoms with Crippen molar-refractivity contribution in [3.8, 4) is 5.75 Å². The van der Waals surface area contributed by atoms with E-state index in [2.05, 4.69) is 5.32 Å². The molecule has 6 nitrogen and oxygen atoms in total. The van der Waals surface area contributed by atoms with Gasteiger partial charge in [0.25, 0.3) is 0 Å². The first-order valence-corrected chi connectivity index (χ1v) is 9.40. The molecule has 0 bridgehead atoms. The van der Waals surface area contributed by atoms with E-state index in [9.17, 15) is 9.59 Å². The number of rotatable bonds is 4. The second kappa shape index (κ2) is 7.89. The average molecular weight is 402 g/mol. The van der Waals surface area contributed by atoms with Crippen LogP contribution in [0.5, 0.6) is 5.75 Å². The van der Waals surface area contributed by atoms with Gasteiger partial charge in [-0.25, -0.2) is 9.59 Å². The molecule has 27 heavy (non-hydrogen) atoms. The number of ether oxygens (including phenoxy) is 2. The van der Waals surface area contributed by atoms with Crippen LogP contribution in [0.3, 0.4) is 0 Å². The van der Waals surface area contributed by atoms with E-state index in [1.165, 1.54) is 18.4 Å². The van der Waals surface area contributed by atoms with Crippen LogP contribution >= 0.6 is 23.6 Å². The van der Waals surface area contributed by atoms with Crippen LogP contribution in [-0.2, 0) is 9.53 Å². The summed E-state index contributed by atoms with van der Waals surface area (Å²) in [6, 6.07) is 9.95. The summed E-state index contributed by atoms with van der Waals surface area (Å²) in [5.74, 6) is -0.568. The van der Waals surface area contributed by atoms with Crippen LogP contribution < -0.4 is 10.1 Å². The molecule has 0 saturated heterocycles. The summed E-state index contributed by atoms with van der Waals surface area (Å²) >= 11 is 6.68. The van der Waals surface area contributed by atoms with E-state index in [0.29, 0.717) is 32.6 Å². The number of thiophene rings is 1. The summed E-state index contributed by atoms with van der Waals surface area (Å²) in [6.07, 6.45) is 0. The minimum absolute atomic E-state index is 0.356. The Balaban J connectivity index is 2.03. The molecule has 0 fully saturated rings. The molecule has 1 aromatic heterocycles. The lowest BCUT2D eigenvalue weighted by atomic mass is 9.94. The van der Waals surface area contributed by atoms with Gasteiger partial charge in [-0.1, -0.05) is 24.3 Å². The van der Waals surface area contributed by atoms with E-state index in [1.807, 2.05) is 6.07 Å². The van der Waals surface area contributed by atoms with E-state index in [-0.39, 0.29) is 0 Å². The van der Waals surface area contributed by atoms with E-state index in [0.717, 1.165) is 0 Å². The number of hydrogen-bond acceptors (Lipinski definition) is 6. The number of nitrogens with zero attached hydrogens (tertiary/aromatic N) is 1. The number of allylic oxidation sites excluding steroid dienone is 1. The summed E-state index contributed by atoms with van der Waals surface area (Å²) in [5, 5.41) is 5.41. The van der Waals surface area contributed by atoms with Gasteiger partial charge in [-0.05, 0) is 36.7 Å². The molecule has 1 atom stereocenters. The van der Waals surface area contributed by atoms with Gasteiger partial charge in [0, 0.05) is 18.3 Å². The van der Waals surface area contributed by atoms with E-state index >= 15 is 0 Å². The molecule has 1 N–H and O–H groups in total. The molecule has 3 rings (SSSR count). The second-order valence-corrected chi connectivity index (χ2v) is 7.17. The number of benzene rings is 1. The highest BCUT2D eigenvalue weighted by Gasteiger charge is 2.35. The van der Waals surface area contributed by atoms with Crippen molar-refractivity contribution in [3.05, 3.63) is 63.5 Å². The van der Waals surface area contributed by atoms with Crippen molar-refractivity contribution >= 4 is 40.6 Å². The molecule has 1 aliphatic rings. The van der Waals surface area contributed by atoms with Crippen LogP contribution in [0.1, 0.15) is 28.2 Å². The first kappa shape index (κ1) is 19.1. The predicted molar refractivity (Wildman–Crippen MR) is 107 cm³/mol. The quantitative estimate of drug-likeness (QED) is 0.478. The molecule has 0 aliphatic carbocycles. The third-order valence-electron chi connectivity index (χ3n) is 4.31. The van der Waals surface area contributed by atoms with Gasteiger partial charge < -0.3 is 19.7 Å². The molecule has 8 heteroatoms. The highest BCUT2D eigenvalue weighted by Crippen LogP contribution is 2.35. The van der Waals surface area contributed by atoms with E-state index < -0.39 is 18.0 Å². The largest absolute Gasteiger partial charge is 0.466 e. The maximum atomic E-state index is 12.4. The van der Waals surface area contributed by atoms with Crippen molar-refractivity contribution in [3.63, 3.8) is 0 Å². The second-order valence-electron chi connectivity index (χ2n) is 5.84. The van der Waals surface area contributed by atoms with Gasteiger partial charge in [0.15, 0.2) is 5.11 Å². The van der Waals surface area contributed by atoms with Gasteiger partial charge in [-0.3, -0.25) is 0 Å². The van der Waals surface area contributed by atoms with Crippen LogP contribution in [0.2, 0.25) is 0 Å². The Morgan fingerprint density at radius 1 is 1.19 bits per heavy atom. The number of carbonyl (C=O) groups excluding carboxylic acids is 2. The molecule has 0 saturated carbocycles. The van der Waals surface area contributed by atoms with Crippen molar-refractivity contribution in [1.82, 2.24) is 10.2 Å². The van der Waals surface area contributed by atoms with Gasteiger partial charge in [0.1, 0.15) is 10.6 Å². The van der Waals surface area contributed by atoms with Gasteiger partial charge in [0.2, 0.25) is 0 Å². The van der Waals surface area contributed by atoms with Gasteiger partial charge in [-0.15, -0.1) is 11.3 Å². The topological polar surface area (TPSA) is 67.9 Å². The monoisotopic (exact) mass is 402 g/mol. The number of nitrogens with one attached hydrogen (secondary N) is 1. The normalized spacial score (nSPS) is 16.8. The van der Waals surface area contributed by atoms with Crippen molar-refractivity contribution in [2.45, 2.75) is 13.0 Å². The summed E-state index contributed by atoms with van der Waals surface area (Å²) in [4.78, 5) is 27.0. The number of para-hydroxylation sites is 1. The van der Waals surface area contributed by atoms with Crippen molar-refractivity contribution in [2.24, 2.45) is 0 Å². The number of esters is 2. The predicted octanol–water partition coefficient (Wildman–Crippen LogP) is 3.28. The third kappa shape index (κ3) is 3.72. The van der Waals surface area contributed by atoms with E-state index in [1.54, 1.807) is 54.6 Å². The van der Waals surface area contributed by atoms with Crippen LogP contribution in [0.4, 0.5) is 0 Å². The lowest BCUT2D eigenvalue weighted by Gasteiger charge is -2.35. The number of thiocarbonyl (C=S) groups is 1. The molecule has 2 heterocycles. The third-order valence-corrected chi connectivity index (χ3v) is 5.56. The molecule has 1 unspecified atom stereocenters. The van der Waals surface area contributed by atoms with Crippen LogP contribution in [0, 0.1) is 0 Å². The fourth-order valence-electron chi connectivity index (χ4n) is 2.80. The number of carbonyl (C=O) groups is 2. The van der Waals surface area contributed by atoms with Crippen molar-refractivity contribution in [2.75, 3.05) is 14.2 Å². The molecular formula is C19H18N2O4S2. The summed E-state index contributed by atoms with van der Waals surface area (Å²) in [5.41, 5.74) is 1.71. The fraction of sp³-hybridized carbons (Fsp3) is 0.211. The minimum Gasteiger partial charge on any atom is -0.466 e. The zero-order chi connectivity index (χ0) is 19.6. The standard InChI is InChI=1S/C19H18N2O4S2/c1-11-15(18(23)24-3)16(20-19(26)21(11)2)12-7-4-5-8-13(12)25-17(22)14-9-6-10-27-14/h4-10,16H,1-3H3,(H,20,26). The molecule has 2 aromatic rings. The van der Waals surface area contributed by atoms with Gasteiger partial charge >= 0.3 is 11.9 Å². The molecule has 140 valence electrons. The van der Waals surface area contributed by atoms with Gasteiger partial charge in [-0.2, -0.15) is 0 Å². The summed E-state index contributed by atoms with van der Waals surface area (Å²) in [7, 11) is 3.10. The van der Waals surface area contributed by atoms with Crippen molar-refractivity contribution < 1.29 is 19.1 Å². The Bertz CT molecular complexity index is 922. The highest BCUT2D eigenvalue weighted by molar-refractivity contribution is 7.80. The Labute approximate surface area is 166 Å². The smallest absolute Gasteiger partial charge is 0.353 e. The first-order valence-electron chi connectivity index (χ1n) is 8.12. The SMILES string of the molecule is COC(=O)C1=C(C)N(C)C(=S)NC1c1ccccc1OC(=O)c1cccs1. The highest BCUT2D eigenvalue weighted by atomic mass is 32.1. The molecule has 1 aromatic carbocycles. The fourth-order valence-corrected chi connectivity index (χ4v) is 3.65. The molecule has 1 aliphatic heterocycles. The number of hydrogen-bond donors (Lipinski definition) is 1. The zero-order valence-corrected chi connectivity index (χ0v) is 16.6. The molecule has 0 amide bonds. The number of methoxy groups -OCH3 is 1. The van der Waals surface area contributed by atoms with Gasteiger partial charge in [0.05, 0.1) is 18.7 Å². The molecule has 0 spiro atoms. The maximum absolute atomic E-state index is 12.4. The zero-order valence-electron chi connectivity index (χ0n) is 15.0. The Kier molecular flexibility index (Phi) is 5.57. The summed E-state index contributed by atoms with van der Waals surface area (Å²) in [6.45, 7) is 1.80. The average Bonchev–Trinajstić information content (AvgIpc) is 3.21. The van der Waals surface area contributed by atoms with Crippen molar-refractivity contribution in [1.29, 1.82) is 0 Å². The first-order chi connectivity index (χ1) is 12.9. The minimum atomic E-state index is -0.589. The Morgan fingerprint density at radius 3 is 2.59 bits per heavy atom. The Hall–Kier alpha value is -2.71. The van der Waals surface area contributed by atoms with Crippen LogP contribution in [-0.4, -0.2) is 36.1 Å². The van der Waals surface area contributed by atoms with E-state index in [4.69, 9.17) is 21.7 Å².